The number of fused-ring (bicyclic) bond motifs is 20. The van der Waals surface area contributed by atoms with Crippen molar-refractivity contribution in [3.8, 4) is 51.3 Å². The van der Waals surface area contributed by atoms with Crippen molar-refractivity contribution in [3.05, 3.63) is 163 Å². The summed E-state index contributed by atoms with van der Waals surface area (Å²) in [5.74, 6) is 1.61. The highest BCUT2D eigenvalue weighted by molar-refractivity contribution is 8.00. The number of aromatic amines is 2. The van der Waals surface area contributed by atoms with Gasteiger partial charge < -0.3 is 19.8 Å². The fourth-order valence-electron chi connectivity index (χ4n) is 8.71. The maximum absolute atomic E-state index is 11.5. The molecule has 0 amide bonds. The number of H-pyrrole nitrogens is 2. The van der Waals surface area contributed by atoms with Crippen molar-refractivity contribution in [1.29, 1.82) is 0 Å². The average Bonchev–Trinajstić information content (AvgIpc) is 4.12. The summed E-state index contributed by atoms with van der Waals surface area (Å²) >= 11 is 4.99. The Balaban J connectivity index is 1.22. The Kier molecular flexibility index (Phi) is 11.1. The van der Waals surface area contributed by atoms with Crippen molar-refractivity contribution in [2.24, 2.45) is 0 Å². The number of nitrogens with one attached hydrogen (secondary N) is 2. The minimum absolute atomic E-state index is 0.0158. The lowest BCUT2D eigenvalue weighted by Crippen LogP contribution is -2.02. The first-order valence-electron chi connectivity index (χ1n) is 22.3. The van der Waals surface area contributed by atoms with E-state index < -0.39 is 5.97 Å². The summed E-state index contributed by atoms with van der Waals surface area (Å²) in [7, 11) is 0. The molecule has 7 aromatic carbocycles. The number of benzene rings is 7. The van der Waals surface area contributed by atoms with E-state index in [9.17, 15) is 9.90 Å². The second-order valence-corrected chi connectivity index (χ2v) is 19.7. The van der Waals surface area contributed by atoms with E-state index in [1.54, 1.807) is 35.3 Å². The fourth-order valence-corrected chi connectivity index (χ4v) is 11.7. The third-order valence-electron chi connectivity index (χ3n) is 11.8. The van der Waals surface area contributed by atoms with Crippen molar-refractivity contribution in [1.82, 2.24) is 39.9 Å². The number of carboxylic acids is 1. The van der Waals surface area contributed by atoms with Crippen LogP contribution in [0.1, 0.15) is 18.4 Å². The summed E-state index contributed by atoms with van der Waals surface area (Å²) in [5, 5.41) is 12.6. The molecule has 3 aromatic heterocycles. The predicted octanol–water partition coefficient (Wildman–Crippen LogP) is 13.9. The molecule has 0 unspecified atom stereocenters. The van der Waals surface area contributed by atoms with Gasteiger partial charge in [-0.1, -0.05) is 132 Å². The van der Waals surface area contributed by atoms with Gasteiger partial charge in [-0.2, -0.15) is 0 Å². The number of aromatic nitrogens is 8. The molecule has 2 aliphatic rings. The highest BCUT2D eigenvalue weighted by atomic mass is 32.2. The van der Waals surface area contributed by atoms with Gasteiger partial charge in [0.25, 0.3) is 0 Å². The van der Waals surface area contributed by atoms with Crippen LogP contribution < -0.4 is 4.74 Å². The lowest BCUT2D eigenvalue weighted by molar-refractivity contribution is -0.137. The van der Waals surface area contributed by atoms with E-state index in [-0.39, 0.29) is 13.0 Å². The molecule has 5 heterocycles. The van der Waals surface area contributed by atoms with E-state index in [0.29, 0.717) is 63.4 Å². The Hall–Kier alpha value is -7.78. The van der Waals surface area contributed by atoms with Gasteiger partial charge >= 0.3 is 5.97 Å². The van der Waals surface area contributed by atoms with Crippen molar-refractivity contribution in [3.63, 3.8) is 0 Å². The zero-order valence-electron chi connectivity index (χ0n) is 36.8. The highest BCUT2D eigenvalue weighted by Crippen LogP contribution is 2.47. The molecule has 8 bridgehead atoms. The quantitative estimate of drug-likeness (QED) is 0.106. The molecule has 334 valence electrons. The molecule has 0 saturated heterocycles. The second kappa shape index (κ2) is 18.0. The number of nitrogens with zero attached hydrogens (tertiary/aromatic N) is 6. The third-order valence-corrected chi connectivity index (χ3v) is 15.0. The molecule has 14 heteroatoms. The van der Waals surface area contributed by atoms with Crippen LogP contribution in [0.3, 0.4) is 0 Å². The van der Waals surface area contributed by atoms with Crippen LogP contribution in [0.5, 0.6) is 5.75 Å². The maximum atomic E-state index is 11.5. The standard InChI is InChI=1S/C55H38N8O3S3/c1-31-26-27-39(67-32-15-5-2-6-16-32)45-43(31)51-60-53(45)62-52-44-37(23-13-24-38(44)66-30-14-25-42(64)65)50(59-52)57-48-35-21-11-12-22-36(35)49(56-48)58-54-46-40(68-33-17-7-3-8-18-33)28-29-41(47(46)55(61-51)63-54)69-34-19-9-4-10-20-34/h2-13,15-24,26-29H,14,25,30H2,1H3,(H,64,65)(H2,56,57,58,59,60,61,62,63). The molecule has 2 aliphatic heterocycles. The Labute approximate surface area is 408 Å². The second-order valence-electron chi connectivity index (χ2n) is 16.4. The van der Waals surface area contributed by atoms with Crippen molar-refractivity contribution in [2.75, 3.05) is 6.61 Å². The number of carbonyl (C=O) groups is 1. The van der Waals surface area contributed by atoms with Crippen LogP contribution in [-0.2, 0) is 4.79 Å². The lowest BCUT2D eigenvalue weighted by Gasteiger charge is -2.10. The van der Waals surface area contributed by atoms with Gasteiger partial charge in [0.15, 0.2) is 23.3 Å². The zero-order chi connectivity index (χ0) is 46.4. The molecular weight excluding hydrogens is 917 g/mol. The molecule has 0 atom stereocenters. The van der Waals surface area contributed by atoms with Gasteiger partial charge in [0, 0.05) is 74.2 Å². The average molecular weight is 955 g/mol. The SMILES string of the molecule is Cc1ccc(Sc2ccccc2)c2c1-c1nc-2nc2[nH]c(nc3nc(nc4[nH]c(n1)c1c(Sc5ccccc5)ccc(Sc5ccccc5)c41)-c1ccccc1-3)c1cccc(OCCCC(=O)O)c21. The molecular formula is C55H38N8O3S3. The molecule has 3 N–H and O–H groups in total. The van der Waals surface area contributed by atoms with Gasteiger partial charge in [-0.25, -0.2) is 29.9 Å². The molecule has 10 aromatic rings. The number of hydrogen-bond donors (Lipinski definition) is 3. The van der Waals surface area contributed by atoms with Crippen molar-refractivity contribution >= 4 is 85.4 Å². The molecule has 11 nitrogen and oxygen atoms in total. The Morgan fingerprint density at radius 3 is 1.57 bits per heavy atom. The first-order chi connectivity index (χ1) is 33.9. The van der Waals surface area contributed by atoms with E-state index in [0.717, 1.165) is 73.3 Å². The summed E-state index contributed by atoms with van der Waals surface area (Å²) in [5.41, 5.74) is 6.57. The topological polar surface area (TPSA) is 155 Å². The minimum Gasteiger partial charge on any atom is -0.493 e. The summed E-state index contributed by atoms with van der Waals surface area (Å²) < 4.78 is 6.36. The summed E-state index contributed by atoms with van der Waals surface area (Å²) in [6.45, 7) is 2.28. The smallest absolute Gasteiger partial charge is 0.303 e. The Bertz CT molecular complexity index is 3830. The highest BCUT2D eigenvalue weighted by Gasteiger charge is 2.28. The zero-order valence-corrected chi connectivity index (χ0v) is 39.3. The first-order valence-corrected chi connectivity index (χ1v) is 24.8. The fraction of sp³-hybridized carbons (Fsp3) is 0.0727. The molecule has 0 saturated carbocycles. The van der Waals surface area contributed by atoms with E-state index >= 15 is 0 Å². The molecule has 12 rings (SSSR count). The number of aliphatic carboxylic acids is 1. The van der Waals surface area contributed by atoms with Gasteiger partial charge in [-0.15, -0.1) is 0 Å². The van der Waals surface area contributed by atoms with E-state index in [1.165, 1.54) is 0 Å². The van der Waals surface area contributed by atoms with Crippen LogP contribution in [0.15, 0.2) is 187 Å². The maximum Gasteiger partial charge on any atom is 0.303 e. The Morgan fingerprint density at radius 2 is 0.971 bits per heavy atom. The van der Waals surface area contributed by atoms with Crippen LogP contribution >= 0.6 is 35.3 Å². The van der Waals surface area contributed by atoms with Gasteiger partial charge in [-0.05, 0) is 79.6 Å². The largest absolute Gasteiger partial charge is 0.493 e. The van der Waals surface area contributed by atoms with E-state index in [2.05, 4.69) is 77.6 Å². The number of rotatable bonds is 11. The Morgan fingerprint density at radius 1 is 0.493 bits per heavy atom. The molecule has 0 fully saturated rings. The van der Waals surface area contributed by atoms with Crippen LogP contribution in [0.2, 0.25) is 0 Å². The monoisotopic (exact) mass is 954 g/mol. The normalized spacial score (nSPS) is 11.7. The van der Waals surface area contributed by atoms with Crippen molar-refractivity contribution in [2.45, 2.75) is 49.1 Å². The van der Waals surface area contributed by atoms with Crippen LogP contribution in [0.4, 0.5) is 0 Å². The predicted molar refractivity (Wildman–Crippen MR) is 275 cm³/mol. The number of aryl methyl sites for hydroxylation is 1. The van der Waals surface area contributed by atoms with Gasteiger partial charge in [0.1, 0.15) is 28.3 Å². The van der Waals surface area contributed by atoms with Gasteiger partial charge in [0.2, 0.25) is 0 Å². The van der Waals surface area contributed by atoms with Gasteiger partial charge in [-0.3, -0.25) is 4.79 Å². The van der Waals surface area contributed by atoms with E-state index in [4.69, 9.17) is 34.6 Å². The van der Waals surface area contributed by atoms with Crippen LogP contribution in [0.25, 0.3) is 89.7 Å². The summed E-state index contributed by atoms with van der Waals surface area (Å²) in [4.78, 5) is 57.1. The first kappa shape index (κ1) is 42.6. The summed E-state index contributed by atoms with van der Waals surface area (Å²) in [6.07, 6.45) is 0.319. The van der Waals surface area contributed by atoms with E-state index in [1.807, 2.05) is 97.1 Å². The molecule has 0 radical (unpaired) electrons. The van der Waals surface area contributed by atoms with Crippen LogP contribution in [0, 0.1) is 6.92 Å². The molecule has 0 spiro atoms. The lowest BCUT2D eigenvalue weighted by atomic mass is 10.0. The molecule has 0 aliphatic carbocycles. The van der Waals surface area contributed by atoms with Crippen LogP contribution in [-0.4, -0.2) is 57.6 Å². The number of carboxylic acid groups (broad SMARTS) is 1. The minimum atomic E-state index is -0.879. The summed E-state index contributed by atoms with van der Waals surface area (Å²) in [6, 6.07) is 53.3. The molecule has 69 heavy (non-hydrogen) atoms. The third kappa shape index (κ3) is 8.15. The van der Waals surface area contributed by atoms with Crippen molar-refractivity contribution < 1.29 is 14.6 Å². The number of hydrogen-bond acceptors (Lipinski definition) is 11. The van der Waals surface area contributed by atoms with Gasteiger partial charge in [0.05, 0.1) is 12.0 Å². The number of ether oxygens (including phenoxy) is 1.